The van der Waals surface area contributed by atoms with Crippen molar-refractivity contribution in [1.82, 2.24) is 5.32 Å². The molecule has 0 bridgehead atoms. The Labute approximate surface area is 64.3 Å². The van der Waals surface area contributed by atoms with E-state index < -0.39 is 18.4 Å². The first kappa shape index (κ1) is 8.89. The largest absolute Gasteiger partial charge is 0.395 e. The minimum Gasteiger partial charge on any atom is -0.395 e. The van der Waals surface area contributed by atoms with E-state index in [1.54, 1.807) is 0 Å². The van der Waals surface area contributed by atoms with Gasteiger partial charge in [0.2, 0.25) is 0 Å². The molecule has 1 aliphatic rings. The number of nitrogens with one attached hydrogen (secondary N) is 1. The third-order valence-corrected chi connectivity index (χ3v) is 1.87. The second-order valence-corrected chi connectivity index (χ2v) is 2.78. The zero-order chi connectivity index (χ0) is 8.43. The van der Waals surface area contributed by atoms with E-state index in [4.69, 9.17) is 20.4 Å². The lowest BCUT2D eigenvalue weighted by Crippen LogP contribution is -2.57. The average molecular weight is 163 g/mol. The SMILES string of the molecule is OCC1CC(O)C(O)C(O)N1. The molecule has 1 fully saturated rings. The van der Waals surface area contributed by atoms with Gasteiger partial charge in [0.25, 0.3) is 0 Å². The maximum atomic E-state index is 9.09. The molecule has 4 unspecified atom stereocenters. The van der Waals surface area contributed by atoms with Gasteiger partial charge in [-0.1, -0.05) is 0 Å². The van der Waals surface area contributed by atoms with Crippen molar-refractivity contribution in [1.29, 1.82) is 0 Å². The molecule has 66 valence electrons. The van der Waals surface area contributed by atoms with Gasteiger partial charge in [-0.25, -0.2) is 0 Å². The van der Waals surface area contributed by atoms with E-state index in [0.717, 1.165) is 0 Å². The molecule has 11 heavy (non-hydrogen) atoms. The van der Waals surface area contributed by atoms with Crippen LogP contribution < -0.4 is 5.32 Å². The lowest BCUT2D eigenvalue weighted by Gasteiger charge is -2.34. The van der Waals surface area contributed by atoms with Crippen LogP contribution in [0.4, 0.5) is 0 Å². The molecule has 5 nitrogen and oxygen atoms in total. The summed E-state index contributed by atoms with van der Waals surface area (Å²) >= 11 is 0. The molecule has 4 atom stereocenters. The Kier molecular flexibility index (Phi) is 2.80. The maximum Gasteiger partial charge on any atom is 0.133 e. The van der Waals surface area contributed by atoms with Crippen LogP contribution in [0, 0.1) is 0 Å². The quantitative estimate of drug-likeness (QED) is 0.292. The van der Waals surface area contributed by atoms with E-state index in [9.17, 15) is 0 Å². The van der Waals surface area contributed by atoms with E-state index in [1.165, 1.54) is 0 Å². The minimum atomic E-state index is -1.15. The Balaban J connectivity index is 2.47. The lowest BCUT2D eigenvalue weighted by molar-refractivity contribution is -0.109. The normalized spacial score (nSPS) is 45.8. The highest BCUT2D eigenvalue weighted by atomic mass is 16.4. The monoisotopic (exact) mass is 163 g/mol. The van der Waals surface area contributed by atoms with E-state index >= 15 is 0 Å². The van der Waals surface area contributed by atoms with E-state index in [0.29, 0.717) is 0 Å². The summed E-state index contributed by atoms with van der Waals surface area (Å²) in [6.07, 6.45) is -2.99. The Morgan fingerprint density at radius 2 is 1.91 bits per heavy atom. The van der Waals surface area contributed by atoms with Crippen LogP contribution in [0.5, 0.6) is 0 Å². The third-order valence-electron chi connectivity index (χ3n) is 1.87. The zero-order valence-electron chi connectivity index (χ0n) is 6.01. The lowest BCUT2D eigenvalue weighted by atomic mass is 9.99. The first-order valence-electron chi connectivity index (χ1n) is 3.56. The topological polar surface area (TPSA) is 93.0 Å². The predicted molar refractivity (Wildman–Crippen MR) is 36.6 cm³/mol. The number of hydrogen-bond donors (Lipinski definition) is 5. The van der Waals surface area contributed by atoms with Crippen molar-refractivity contribution in [3.63, 3.8) is 0 Å². The molecule has 5 N–H and O–H groups in total. The average Bonchev–Trinajstić information content (AvgIpc) is 1.99. The summed E-state index contributed by atoms with van der Waals surface area (Å²) in [5, 5.41) is 38.3. The standard InChI is InChI=1S/C6H13NO4/c8-2-3-1-4(9)5(10)6(11)7-3/h3-11H,1-2H2. The Morgan fingerprint density at radius 1 is 1.27 bits per heavy atom. The van der Waals surface area contributed by atoms with Crippen LogP contribution in [0.15, 0.2) is 0 Å². The molecule has 0 aliphatic carbocycles. The summed E-state index contributed by atoms with van der Waals surface area (Å²) in [7, 11) is 0. The van der Waals surface area contributed by atoms with Gasteiger partial charge in [-0.3, -0.25) is 5.32 Å². The molecule has 5 heteroatoms. The van der Waals surface area contributed by atoms with Crippen LogP contribution in [0.2, 0.25) is 0 Å². The second kappa shape index (κ2) is 3.46. The van der Waals surface area contributed by atoms with Crippen molar-refractivity contribution in [2.45, 2.75) is 30.9 Å². The molecule has 0 aromatic heterocycles. The number of aliphatic hydroxyl groups is 4. The fourth-order valence-corrected chi connectivity index (χ4v) is 1.18. The molecular formula is C6H13NO4. The molecule has 0 radical (unpaired) electrons. The first-order chi connectivity index (χ1) is 5.15. The van der Waals surface area contributed by atoms with E-state index in [-0.39, 0.29) is 19.1 Å². The molecule has 0 aromatic carbocycles. The second-order valence-electron chi connectivity index (χ2n) is 2.78. The van der Waals surface area contributed by atoms with Crippen molar-refractivity contribution in [3.8, 4) is 0 Å². The van der Waals surface area contributed by atoms with E-state index in [1.807, 2.05) is 0 Å². The summed E-state index contributed by atoms with van der Waals surface area (Å²) in [5.74, 6) is 0. The van der Waals surface area contributed by atoms with Gasteiger partial charge >= 0.3 is 0 Å². The summed E-state index contributed by atoms with van der Waals surface area (Å²) in [6, 6.07) is -0.330. The number of hydrogen-bond acceptors (Lipinski definition) is 5. The minimum absolute atomic E-state index is 0.152. The molecule has 0 amide bonds. The number of aliphatic hydroxyl groups excluding tert-OH is 4. The van der Waals surface area contributed by atoms with Crippen LogP contribution in [-0.2, 0) is 0 Å². The van der Waals surface area contributed by atoms with Gasteiger partial charge in [0.15, 0.2) is 0 Å². The Bertz CT molecular complexity index is 120. The van der Waals surface area contributed by atoms with Crippen LogP contribution in [0.1, 0.15) is 6.42 Å². The molecule has 0 aromatic rings. The van der Waals surface area contributed by atoms with E-state index in [2.05, 4.69) is 5.32 Å². The summed E-state index contributed by atoms with van der Waals surface area (Å²) in [4.78, 5) is 0. The molecule has 0 spiro atoms. The van der Waals surface area contributed by atoms with Crippen molar-refractivity contribution >= 4 is 0 Å². The van der Waals surface area contributed by atoms with Gasteiger partial charge in [-0.05, 0) is 6.42 Å². The molecule has 0 saturated carbocycles. The fraction of sp³-hybridized carbons (Fsp3) is 1.00. The summed E-state index contributed by atoms with van der Waals surface area (Å²) in [6.45, 7) is -0.152. The van der Waals surface area contributed by atoms with Crippen molar-refractivity contribution in [3.05, 3.63) is 0 Å². The van der Waals surface area contributed by atoms with Gasteiger partial charge < -0.3 is 20.4 Å². The van der Waals surface area contributed by atoms with Crippen molar-refractivity contribution in [2.75, 3.05) is 6.61 Å². The molecular weight excluding hydrogens is 150 g/mol. The van der Waals surface area contributed by atoms with Gasteiger partial charge in [0.05, 0.1) is 12.7 Å². The highest BCUT2D eigenvalue weighted by molar-refractivity contribution is 4.86. The Morgan fingerprint density at radius 3 is 2.36 bits per heavy atom. The fourth-order valence-electron chi connectivity index (χ4n) is 1.18. The predicted octanol–water partition coefficient (Wildman–Crippen LogP) is -2.62. The highest BCUT2D eigenvalue weighted by Crippen LogP contribution is 2.12. The van der Waals surface area contributed by atoms with Gasteiger partial charge in [0, 0.05) is 6.04 Å². The van der Waals surface area contributed by atoms with Gasteiger partial charge in [-0.15, -0.1) is 0 Å². The summed E-state index contributed by atoms with van der Waals surface area (Å²) < 4.78 is 0. The summed E-state index contributed by atoms with van der Waals surface area (Å²) in [5.41, 5.74) is 0. The Hall–Kier alpha value is -0.200. The molecule has 1 saturated heterocycles. The zero-order valence-corrected chi connectivity index (χ0v) is 6.01. The molecule has 1 aliphatic heterocycles. The van der Waals surface area contributed by atoms with Crippen LogP contribution >= 0.6 is 0 Å². The van der Waals surface area contributed by atoms with Gasteiger partial charge in [-0.2, -0.15) is 0 Å². The first-order valence-corrected chi connectivity index (χ1v) is 3.56. The maximum absolute atomic E-state index is 9.09. The third kappa shape index (κ3) is 1.88. The molecule has 1 rings (SSSR count). The molecule has 1 heterocycles. The van der Waals surface area contributed by atoms with Gasteiger partial charge in [0.1, 0.15) is 12.3 Å². The van der Waals surface area contributed by atoms with Crippen LogP contribution in [0.3, 0.4) is 0 Å². The van der Waals surface area contributed by atoms with Crippen LogP contribution in [-0.4, -0.2) is 51.5 Å². The van der Waals surface area contributed by atoms with Crippen LogP contribution in [0.25, 0.3) is 0 Å². The van der Waals surface area contributed by atoms with Crippen molar-refractivity contribution in [2.24, 2.45) is 0 Å². The number of rotatable bonds is 1. The number of piperidine rings is 1. The van der Waals surface area contributed by atoms with Crippen molar-refractivity contribution < 1.29 is 20.4 Å². The highest BCUT2D eigenvalue weighted by Gasteiger charge is 2.33. The smallest absolute Gasteiger partial charge is 0.133 e.